The maximum Gasteiger partial charge on any atom is 0.296 e. The van der Waals surface area contributed by atoms with Gasteiger partial charge in [-0.15, -0.1) is 0 Å². The van der Waals surface area contributed by atoms with Crippen LogP contribution < -0.4 is 10.1 Å². The topological polar surface area (TPSA) is 91.1 Å². The molecule has 23 heavy (non-hydrogen) atoms. The Hall–Kier alpha value is -1.90. The highest BCUT2D eigenvalue weighted by Gasteiger charge is 2.17. The summed E-state index contributed by atoms with van der Waals surface area (Å²) in [7, 11) is 2.10. The fourth-order valence-electron chi connectivity index (χ4n) is 2.57. The van der Waals surface area contributed by atoms with E-state index in [1.807, 2.05) is 0 Å². The molecule has 0 amide bonds. The lowest BCUT2D eigenvalue weighted by Gasteiger charge is -2.15. The highest BCUT2D eigenvalue weighted by Crippen LogP contribution is 2.29. The summed E-state index contributed by atoms with van der Waals surface area (Å²) in [5, 5.41) is 23.0. The standard InChI is InChI=1S/C15H24N4O4/c1-17-7-8-18(12-17)6-2-5-16-14-4-3-13(23-10-9-20)11-15(14)19(21)22/h3-4,11,16,20H,2,5-10,12H2,1H3. The van der Waals surface area contributed by atoms with Gasteiger partial charge in [0.2, 0.25) is 0 Å². The molecule has 0 atom stereocenters. The molecule has 0 aliphatic carbocycles. The normalized spacial score (nSPS) is 15.7. The molecule has 0 spiro atoms. The number of hydrogen-bond acceptors (Lipinski definition) is 7. The number of benzene rings is 1. The van der Waals surface area contributed by atoms with Gasteiger partial charge in [0.15, 0.2) is 0 Å². The van der Waals surface area contributed by atoms with E-state index in [0.717, 1.165) is 32.7 Å². The summed E-state index contributed by atoms with van der Waals surface area (Å²) in [4.78, 5) is 15.4. The fraction of sp³-hybridized carbons (Fsp3) is 0.600. The van der Waals surface area contributed by atoms with E-state index >= 15 is 0 Å². The summed E-state index contributed by atoms with van der Waals surface area (Å²) in [6.45, 7) is 4.80. The quantitative estimate of drug-likeness (QED) is 0.397. The van der Waals surface area contributed by atoms with Crippen molar-refractivity contribution < 1.29 is 14.8 Å². The van der Waals surface area contributed by atoms with E-state index in [0.29, 0.717) is 18.0 Å². The SMILES string of the molecule is CN1CCN(CCCNc2ccc(OCCO)cc2[N+](=O)[O-])C1. The first-order chi connectivity index (χ1) is 11.1. The highest BCUT2D eigenvalue weighted by atomic mass is 16.6. The zero-order valence-electron chi connectivity index (χ0n) is 13.4. The number of likely N-dealkylation sites (N-methyl/N-ethyl adjacent to an activating group) is 1. The molecule has 8 heteroatoms. The van der Waals surface area contributed by atoms with Crippen LogP contribution in [0.25, 0.3) is 0 Å². The molecular weight excluding hydrogens is 300 g/mol. The van der Waals surface area contributed by atoms with Crippen molar-refractivity contribution in [3.63, 3.8) is 0 Å². The Bertz CT molecular complexity index is 526. The molecule has 1 fully saturated rings. The van der Waals surface area contributed by atoms with Crippen LogP contribution in [0.4, 0.5) is 11.4 Å². The number of anilines is 1. The molecule has 1 heterocycles. The minimum Gasteiger partial charge on any atom is -0.491 e. The first kappa shape index (κ1) is 17.5. The van der Waals surface area contributed by atoms with Crippen molar-refractivity contribution in [3.8, 4) is 5.75 Å². The molecule has 8 nitrogen and oxygen atoms in total. The number of aliphatic hydroxyl groups is 1. The van der Waals surface area contributed by atoms with E-state index in [4.69, 9.17) is 9.84 Å². The third kappa shape index (κ3) is 5.34. The van der Waals surface area contributed by atoms with Gasteiger partial charge in [0, 0.05) is 26.2 Å². The monoisotopic (exact) mass is 324 g/mol. The molecular formula is C15H24N4O4. The van der Waals surface area contributed by atoms with Crippen LogP contribution in [0.5, 0.6) is 5.75 Å². The molecule has 0 aromatic heterocycles. The molecule has 0 unspecified atom stereocenters. The third-order valence-corrected chi connectivity index (χ3v) is 3.73. The molecule has 1 aliphatic heterocycles. The van der Waals surface area contributed by atoms with Gasteiger partial charge >= 0.3 is 0 Å². The summed E-state index contributed by atoms with van der Waals surface area (Å²) < 4.78 is 5.21. The lowest BCUT2D eigenvalue weighted by Crippen LogP contribution is -2.25. The fourth-order valence-corrected chi connectivity index (χ4v) is 2.57. The third-order valence-electron chi connectivity index (χ3n) is 3.73. The average Bonchev–Trinajstić information content (AvgIpc) is 2.95. The van der Waals surface area contributed by atoms with Gasteiger partial charge in [0.05, 0.1) is 24.3 Å². The maximum atomic E-state index is 11.2. The van der Waals surface area contributed by atoms with E-state index in [9.17, 15) is 10.1 Å². The smallest absolute Gasteiger partial charge is 0.296 e. The van der Waals surface area contributed by atoms with Crippen LogP contribution in [0.3, 0.4) is 0 Å². The molecule has 2 N–H and O–H groups in total. The Kier molecular flexibility index (Phi) is 6.57. The van der Waals surface area contributed by atoms with Crippen molar-refractivity contribution in [2.45, 2.75) is 6.42 Å². The molecule has 0 saturated carbocycles. The Balaban J connectivity index is 1.84. The number of aliphatic hydroxyl groups excluding tert-OH is 1. The van der Waals surface area contributed by atoms with Gasteiger partial charge in [-0.25, -0.2) is 0 Å². The summed E-state index contributed by atoms with van der Waals surface area (Å²) in [5.74, 6) is 0.386. The van der Waals surface area contributed by atoms with Crippen LogP contribution in [-0.4, -0.2) is 72.9 Å². The number of ether oxygens (including phenoxy) is 1. The second-order valence-corrected chi connectivity index (χ2v) is 5.63. The maximum absolute atomic E-state index is 11.2. The first-order valence-electron chi connectivity index (χ1n) is 7.77. The number of nitrogens with one attached hydrogen (secondary N) is 1. The lowest BCUT2D eigenvalue weighted by molar-refractivity contribution is -0.384. The predicted octanol–water partition coefficient (Wildman–Crippen LogP) is 0.973. The summed E-state index contributed by atoms with van der Waals surface area (Å²) in [6.07, 6.45) is 0.924. The molecule has 1 aliphatic rings. The van der Waals surface area contributed by atoms with Gasteiger partial charge in [0.1, 0.15) is 18.0 Å². The van der Waals surface area contributed by atoms with Gasteiger partial charge in [-0.1, -0.05) is 0 Å². The van der Waals surface area contributed by atoms with Crippen LogP contribution in [-0.2, 0) is 0 Å². The largest absolute Gasteiger partial charge is 0.491 e. The van der Waals surface area contributed by atoms with E-state index in [-0.39, 0.29) is 18.9 Å². The molecule has 1 aromatic carbocycles. The van der Waals surface area contributed by atoms with Crippen molar-refractivity contribution in [1.29, 1.82) is 0 Å². The summed E-state index contributed by atoms with van der Waals surface area (Å²) >= 11 is 0. The van der Waals surface area contributed by atoms with E-state index in [1.54, 1.807) is 12.1 Å². The van der Waals surface area contributed by atoms with Crippen molar-refractivity contribution >= 4 is 11.4 Å². The molecule has 2 rings (SSSR count). The number of rotatable bonds is 9. The van der Waals surface area contributed by atoms with Gasteiger partial charge in [-0.05, 0) is 25.6 Å². The zero-order chi connectivity index (χ0) is 16.7. The van der Waals surface area contributed by atoms with Crippen molar-refractivity contribution in [1.82, 2.24) is 9.80 Å². The molecule has 128 valence electrons. The second kappa shape index (κ2) is 8.66. The Morgan fingerprint density at radius 1 is 1.43 bits per heavy atom. The Labute approximate surface area is 135 Å². The number of nitro benzene ring substituents is 1. The molecule has 1 saturated heterocycles. The van der Waals surface area contributed by atoms with Crippen LogP contribution in [0, 0.1) is 10.1 Å². The van der Waals surface area contributed by atoms with Crippen LogP contribution in [0.2, 0.25) is 0 Å². The van der Waals surface area contributed by atoms with Crippen LogP contribution in [0.1, 0.15) is 6.42 Å². The van der Waals surface area contributed by atoms with Crippen LogP contribution >= 0.6 is 0 Å². The van der Waals surface area contributed by atoms with Crippen molar-refractivity contribution in [3.05, 3.63) is 28.3 Å². The van der Waals surface area contributed by atoms with Crippen LogP contribution in [0.15, 0.2) is 18.2 Å². The van der Waals surface area contributed by atoms with E-state index < -0.39 is 4.92 Å². The average molecular weight is 324 g/mol. The summed E-state index contributed by atoms with van der Waals surface area (Å²) in [5.41, 5.74) is 0.478. The minimum absolute atomic E-state index is 0.0126. The van der Waals surface area contributed by atoms with Gasteiger partial charge in [-0.3, -0.25) is 19.9 Å². The number of nitrogens with zero attached hydrogens (tertiary/aromatic N) is 3. The minimum atomic E-state index is -0.427. The Morgan fingerprint density at radius 3 is 2.91 bits per heavy atom. The first-order valence-corrected chi connectivity index (χ1v) is 7.77. The Morgan fingerprint density at radius 2 is 2.26 bits per heavy atom. The molecule has 1 aromatic rings. The van der Waals surface area contributed by atoms with E-state index in [1.165, 1.54) is 6.07 Å². The van der Waals surface area contributed by atoms with Gasteiger partial charge in [-0.2, -0.15) is 0 Å². The highest BCUT2D eigenvalue weighted by molar-refractivity contribution is 5.63. The summed E-state index contributed by atoms with van der Waals surface area (Å²) in [6, 6.07) is 4.70. The second-order valence-electron chi connectivity index (χ2n) is 5.63. The molecule has 0 bridgehead atoms. The number of hydrogen-bond donors (Lipinski definition) is 2. The van der Waals surface area contributed by atoms with Gasteiger partial charge < -0.3 is 15.2 Å². The molecule has 0 radical (unpaired) electrons. The van der Waals surface area contributed by atoms with E-state index in [2.05, 4.69) is 22.2 Å². The van der Waals surface area contributed by atoms with Gasteiger partial charge in [0.25, 0.3) is 5.69 Å². The lowest BCUT2D eigenvalue weighted by atomic mass is 10.2. The number of nitro groups is 1. The van der Waals surface area contributed by atoms with Crippen molar-refractivity contribution in [2.75, 3.05) is 58.4 Å². The zero-order valence-corrected chi connectivity index (χ0v) is 13.4. The van der Waals surface area contributed by atoms with Crippen molar-refractivity contribution in [2.24, 2.45) is 0 Å². The predicted molar refractivity (Wildman–Crippen MR) is 87.9 cm³/mol.